The standard InChI is InChI=1S/C20H12OS/c1-3-7-15-13(5-1)9-11-17-19(15)22-20-16-8-4-2-6-14(16)10-12-18(20)21-17/h1-12H. The third-order valence-corrected chi connectivity index (χ3v) is 5.36. The molecule has 0 spiro atoms. The first-order valence-electron chi connectivity index (χ1n) is 7.29. The van der Waals surface area contributed by atoms with Crippen LogP contribution in [0.4, 0.5) is 0 Å². The van der Waals surface area contributed by atoms with E-state index in [-0.39, 0.29) is 0 Å². The molecule has 0 amide bonds. The molecule has 0 saturated heterocycles. The quantitative estimate of drug-likeness (QED) is 0.334. The molecule has 0 aliphatic carbocycles. The lowest BCUT2D eigenvalue weighted by Gasteiger charge is -2.22. The van der Waals surface area contributed by atoms with E-state index in [0.29, 0.717) is 0 Å². The van der Waals surface area contributed by atoms with Gasteiger partial charge in [0.25, 0.3) is 0 Å². The number of rotatable bonds is 0. The van der Waals surface area contributed by atoms with Crippen LogP contribution in [0.25, 0.3) is 21.5 Å². The van der Waals surface area contributed by atoms with Crippen molar-refractivity contribution in [3.05, 3.63) is 72.8 Å². The highest BCUT2D eigenvalue weighted by Crippen LogP contribution is 2.52. The maximum absolute atomic E-state index is 6.17. The highest BCUT2D eigenvalue weighted by molar-refractivity contribution is 8.00. The molecule has 1 nitrogen and oxygen atoms in total. The Hall–Kier alpha value is -2.45. The smallest absolute Gasteiger partial charge is 0.142 e. The van der Waals surface area contributed by atoms with Crippen LogP contribution < -0.4 is 4.74 Å². The Balaban J connectivity index is 1.80. The maximum Gasteiger partial charge on any atom is 0.142 e. The molecule has 1 aliphatic heterocycles. The second kappa shape index (κ2) is 4.52. The molecular formula is C20H12OS. The van der Waals surface area contributed by atoms with E-state index in [1.807, 2.05) is 11.8 Å². The molecule has 1 heterocycles. The largest absolute Gasteiger partial charge is 0.455 e. The molecular weight excluding hydrogens is 288 g/mol. The summed E-state index contributed by atoms with van der Waals surface area (Å²) in [6, 6.07) is 25.3. The van der Waals surface area contributed by atoms with E-state index in [9.17, 15) is 0 Å². The summed E-state index contributed by atoms with van der Waals surface area (Å²) in [7, 11) is 0. The molecule has 22 heavy (non-hydrogen) atoms. The molecule has 1 aliphatic rings. The number of fused-ring (bicyclic) bond motifs is 6. The van der Waals surface area contributed by atoms with Crippen molar-refractivity contribution >= 4 is 33.3 Å². The van der Waals surface area contributed by atoms with E-state index in [1.165, 1.54) is 31.3 Å². The van der Waals surface area contributed by atoms with Gasteiger partial charge in [0.15, 0.2) is 0 Å². The minimum absolute atomic E-state index is 0.950. The Labute approximate surface area is 132 Å². The first-order chi connectivity index (χ1) is 10.9. The summed E-state index contributed by atoms with van der Waals surface area (Å²) in [6.45, 7) is 0. The van der Waals surface area contributed by atoms with Crippen LogP contribution >= 0.6 is 11.8 Å². The molecule has 0 saturated carbocycles. The fraction of sp³-hybridized carbons (Fsp3) is 0. The van der Waals surface area contributed by atoms with Crippen LogP contribution in [0.15, 0.2) is 82.6 Å². The van der Waals surface area contributed by atoms with Crippen molar-refractivity contribution < 1.29 is 4.74 Å². The van der Waals surface area contributed by atoms with E-state index in [0.717, 1.165) is 11.5 Å². The predicted octanol–water partition coefficient (Wildman–Crippen LogP) is 6.25. The lowest BCUT2D eigenvalue weighted by Crippen LogP contribution is -1.96. The second-order valence-electron chi connectivity index (χ2n) is 5.43. The zero-order valence-corrected chi connectivity index (χ0v) is 12.6. The third-order valence-electron chi connectivity index (χ3n) is 4.11. The van der Waals surface area contributed by atoms with Gasteiger partial charge in [-0.1, -0.05) is 72.4 Å². The first kappa shape index (κ1) is 12.1. The van der Waals surface area contributed by atoms with Crippen molar-refractivity contribution in [2.45, 2.75) is 9.79 Å². The molecule has 104 valence electrons. The Morgan fingerprint density at radius 2 is 1.05 bits per heavy atom. The van der Waals surface area contributed by atoms with Crippen LogP contribution in [0.2, 0.25) is 0 Å². The Bertz CT molecular complexity index is 953. The van der Waals surface area contributed by atoms with Crippen molar-refractivity contribution in [3.8, 4) is 11.5 Å². The SMILES string of the molecule is c1ccc2c3c(ccc2c1)Oc1ccc2ccccc2c1S3. The molecule has 0 N–H and O–H groups in total. The van der Waals surface area contributed by atoms with Crippen molar-refractivity contribution in [3.63, 3.8) is 0 Å². The molecule has 5 rings (SSSR count). The molecule has 0 fully saturated rings. The van der Waals surface area contributed by atoms with Crippen LogP contribution in [0.3, 0.4) is 0 Å². The highest BCUT2D eigenvalue weighted by atomic mass is 32.2. The Kier molecular flexibility index (Phi) is 2.49. The number of benzene rings is 4. The van der Waals surface area contributed by atoms with Gasteiger partial charge in [-0.15, -0.1) is 0 Å². The molecule has 0 radical (unpaired) electrons. The lowest BCUT2D eigenvalue weighted by molar-refractivity contribution is 0.458. The summed E-state index contributed by atoms with van der Waals surface area (Å²) in [5.41, 5.74) is 0. The van der Waals surface area contributed by atoms with E-state index in [2.05, 4.69) is 72.8 Å². The van der Waals surface area contributed by atoms with Gasteiger partial charge in [0.05, 0.1) is 9.79 Å². The van der Waals surface area contributed by atoms with Crippen molar-refractivity contribution in [1.29, 1.82) is 0 Å². The van der Waals surface area contributed by atoms with Gasteiger partial charge < -0.3 is 4.74 Å². The van der Waals surface area contributed by atoms with Crippen molar-refractivity contribution in [2.75, 3.05) is 0 Å². The fourth-order valence-electron chi connectivity index (χ4n) is 3.04. The highest BCUT2D eigenvalue weighted by Gasteiger charge is 2.21. The van der Waals surface area contributed by atoms with E-state index < -0.39 is 0 Å². The molecule has 4 aromatic rings. The van der Waals surface area contributed by atoms with Gasteiger partial charge in [-0.25, -0.2) is 0 Å². The molecule has 0 aromatic heterocycles. The fourth-order valence-corrected chi connectivity index (χ4v) is 4.25. The summed E-state index contributed by atoms with van der Waals surface area (Å²) < 4.78 is 6.17. The van der Waals surface area contributed by atoms with Gasteiger partial charge in [-0.05, 0) is 33.7 Å². The van der Waals surface area contributed by atoms with Gasteiger partial charge in [-0.2, -0.15) is 0 Å². The maximum atomic E-state index is 6.17. The molecule has 4 aromatic carbocycles. The van der Waals surface area contributed by atoms with Crippen LogP contribution in [-0.4, -0.2) is 0 Å². The summed E-state index contributed by atoms with van der Waals surface area (Å²) in [6.07, 6.45) is 0. The Morgan fingerprint density at radius 3 is 1.59 bits per heavy atom. The number of hydrogen-bond donors (Lipinski definition) is 0. The summed E-state index contributed by atoms with van der Waals surface area (Å²) in [5.74, 6) is 1.90. The van der Waals surface area contributed by atoms with E-state index >= 15 is 0 Å². The second-order valence-corrected chi connectivity index (χ2v) is 6.45. The monoisotopic (exact) mass is 300 g/mol. The normalized spacial score (nSPS) is 12.7. The van der Waals surface area contributed by atoms with Crippen LogP contribution in [-0.2, 0) is 0 Å². The number of hydrogen-bond acceptors (Lipinski definition) is 2. The van der Waals surface area contributed by atoms with E-state index in [4.69, 9.17) is 4.74 Å². The van der Waals surface area contributed by atoms with Gasteiger partial charge >= 0.3 is 0 Å². The predicted molar refractivity (Wildman–Crippen MR) is 92.1 cm³/mol. The molecule has 0 unspecified atom stereocenters. The average Bonchev–Trinajstić information content (AvgIpc) is 2.60. The van der Waals surface area contributed by atoms with Gasteiger partial charge in [0.1, 0.15) is 11.5 Å². The lowest BCUT2D eigenvalue weighted by atomic mass is 10.1. The third kappa shape index (κ3) is 1.68. The number of ether oxygens (including phenoxy) is 1. The van der Waals surface area contributed by atoms with Crippen LogP contribution in [0.5, 0.6) is 11.5 Å². The Morgan fingerprint density at radius 1 is 0.545 bits per heavy atom. The molecule has 0 bridgehead atoms. The summed E-state index contributed by atoms with van der Waals surface area (Å²) in [4.78, 5) is 2.42. The van der Waals surface area contributed by atoms with Crippen LogP contribution in [0.1, 0.15) is 0 Å². The summed E-state index contributed by atoms with van der Waals surface area (Å²) in [5, 5.41) is 5.01. The zero-order chi connectivity index (χ0) is 14.5. The van der Waals surface area contributed by atoms with Gasteiger partial charge in [0.2, 0.25) is 0 Å². The minimum Gasteiger partial charge on any atom is -0.455 e. The van der Waals surface area contributed by atoms with Gasteiger partial charge in [0, 0.05) is 0 Å². The molecule has 2 heteroatoms. The average molecular weight is 300 g/mol. The van der Waals surface area contributed by atoms with Gasteiger partial charge in [-0.3, -0.25) is 0 Å². The topological polar surface area (TPSA) is 9.23 Å². The van der Waals surface area contributed by atoms with E-state index in [1.54, 1.807) is 0 Å². The first-order valence-corrected chi connectivity index (χ1v) is 8.11. The van der Waals surface area contributed by atoms with Crippen molar-refractivity contribution in [2.24, 2.45) is 0 Å². The summed E-state index contributed by atoms with van der Waals surface area (Å²) >= 11 is 1.82. The van der Waals surface area contributed by atoms with Crippen molar-refractivity contribution in [1.82, 2.24) is 0 Å². The molecule has 0 atom stereocenters. The van der Waals surface area contributed by atoms with Crippen LogP contribution in [0, 0.1) is 0 Å². The minimum atomic E-state index is 0.950. The zero-order valence-electron chi connectivity index (χ0n) is 11.7.